The van der Waals surface area contributed by atoms with Crippen molar-refractivity contribution in [1.82, 2.24) is 0 Å². The Balaban J connectivity index is 0.000000336. The molecule has 0 aromatic rings. The largest absolute Gasteiger partial charge is 0.0683 e. The van der Waals surface area contributed by atoms with Gasteiger partial charge in [0.1, 0.15) is 0 Å². The first-order valence-electron chi connectivity index (χ1n) is 5.56. The lowest BCUT2D eigenvalue weighted by atomic mass is 9.57. The SMILES string of the molecule is CC.CC(C)C12CCC(C)(C1)C2. The Bertz CT molecular complexity index is 149. The van der Waals surface area contributed by atoms with E-state index in [9.17, 15) is 0 Å². The minimum Gasteiger partial charge on any atom is -0.0683 e. The molecule has 0 heteroatoms. The third-order valence-corrected chi connectivity index (χ3v) is 4.01. The average molecular weight is 168 g/mol. The lowest BCUT2D eigenvalue weighted by Crippen LogP contribution is -2.38. The fourth-order valence-electron chi connectivity index (χ4n) is 3.25. The Hall–Kier alpha value is 0. The summed E-state index contributed by atoms with van der Waals surface area (Å²) in [5.41, 5.74) is 1.58. The predicted octanol–water partition coefficient (Wildman–Crippen LogP) is 4.25. The molecule has 3 fully saturated rings. The standard InChI is InChI=1S/C10H18.C2H6/c1-8(2)10-5-4-9(3,6-10)7-10;1-2/h8H,4-7H2,1-3H3;1-2H3. The third-order valence-electron chi connectivity index (χ3n) is 4.01. The monoisotopic (exact) mass is 168 g/mol. The zero-order chi connectivity index (χ0) is 9.41. The molecular formula is C12H24. The van der Waals surface area contributed by atoms with Gasteiger partial charge >= 0.3 is 0 Å². The van der Waals surface area contributed by atoms with E-state index < -0.39 is 0 Å². The fraction of sp³-hybridized carbons (Fsp3) is 1.00. The molecule has 0 radical (unpaired) electrons. The minimum absolute atomic E-state index is 0.782. The Kier molecular flexibility index (Phi) is 2.56. The van der Waals surface area contributed by atoms with Crippen LogP contribution in [0, 0.1) is 16.7 Å². The van der Waals surface area contributed by atoms with Crippen molar-refractivity contribution in [3.05, 3.63) is 0 Å². The molecule has 0 spiro atoms. The van der Waals surface area contributed by atoms with Crippen LogP contribution in [0.4, 0.5) is 0 Å². The van der Waals surface area contributed by atoms with Gasteiger partial charge in [0.2, 0.25) is 0 Å². The van der Waals surface area contributed by atoms with Gasteiger partial charge in [0.05, 0.1) is 0 Å². The maximum atomic E-state index is 2.46. The van der Waals surface area contributed by atoms with E-state index in [4.69, 9.17) is 0 Å². The smallest absolute Gasteiger partial charge is 0.0264 e. The number of rotatable bonds is 1. The molecule has 0 N–H and O–H groups in total. The van der Waals surface area contributed by atoms with Gasteiger partial charge in [-0.05, 0) is 42.4 Å². The second kappa shape index (κ2) is 3.05. The summed E-state index contributed by atoms with van der Waals surface area (Å²) in [6.45, 7) is 11.2. The zero-order valence-electron chi connectivity index (χ0n) is 9.41. The normalized spacial score (nSPS) is 43.5. The fourth-order valence-corrected chi connectivity index (χ4v) is 3.25. The molecular weight excluding hydrogens is 144 g/mol. The molecule has 0 saturated heterocycles. The average Bonchev–Trinajstić information content (AvgIpc) is 2.46. The highest BCUT2D eigenvalue weighted by molar-refractivity contribution is 5.09. The van der Waals surface area contributed by atoms with E-state index >= 15 is 0 Å². The van der Waals surface area contributed by atoms with Crippen molar-refractivity contribution in [2.75, 3.05) is 0 Å². The third kappa shape index (κ3) is 1.30. The predicted molar refractivity (Wildman–Crippen MR) is 55.2 cm³/mol. The molecule has 3 aliphatic rings. The van der Waals surface area contributed by atoms with Crippen LogP contribution in [-0.2, 0) is 0 Å². The van der Waals surface area contributed by atoms with Crippen LogP contribution >= 0.6 is 0 Å². The summed E-state index contributed by atoms with van der Waals surface area (Å²) in [5.74, 6) is 0.933. The topological polar surface area (TPSA) is 0 Å². The molecule has 0 aliphatic heterocycles. The summed E-state index contributed by atoms with van der Waals surface area (Å²) in [4.78, 5) is 0. The molecule has 0 aromatic carbocycles. The highest BCUT2D eigenvalue weighted by atomic mass is 14.6. The summed E-state index contributed by atoms with van der Waals surface area (Å²) >= 11 is 0. The molecule has 72 valence electrons. The van der Waals surface area contributed by atoms with E-state index in [1.54, 1.807) is 0 Å². The zero-order valence-corrected chi connectivity index (χ0v) is 9.41. The first-order valence-corrected chi connectivity index (χ1v) is 5.56. The van der Waals surface area contributed by atoms with E-state index in [0.717, 1.165) is 16.7 Å². The second-order valence-corrected chi connectivity index (χ2v) is 5.18. The first-order chi connectivity index (χ1) is 5.56. The molecule has 0 unspecified atom stereocenters. The molecule has 12 heavy (non-hydrogen) atoms. The maximum absolute atomic E-state index is 2.46. The van der Waals surface area contributed by atoms with E-state index in [1.807, 2.05) is 13.8 Å². The summed E-state index contributed by atoms with van der Waals surface area (Å²) < 4.78 is 0. The lowest BCUT2D eigenvalue weighted by molar-refractivity contribution is 0.0181. The van der Waals surface area contributed by atoms with Crippen molar-refractivity contribution in [1.29, 1.82) is 0 Å². The summed E-state index contributed by atoms with van der Waals surface area (Å²) in [5, 5.41) is 0. The van der Waals surface area contributed by atoms with Gasteiger partial charge in [-0.2, -0.15) is 0 Å². The van der Waals surface area contributed by atoms with Crippen LogP contribution in [0.25, 0.3) is 0 Å². The molecule has 3 aliphatic carbocycles. The van der Waals surface area contributed by atoms with Crippen molar-refractivity contribution in [3.63, 3.8) is 0 Å². The maximum Gasteiger partial charge on any atom is -0.0264 e. The molecule has 0 amide bonds. The Labute approximate surface area is 77.7 Å². The van der Waals surface area contributed by atoms with E-state index in [1.165, 1.54) is 25.7 Å². The van der Waals surface area contributed by atoms with Crippen LogP contribution in [-0.4, -0.2) is 0 Å². The molecule has 0 heterocycles. The van der Waals surface area contributed by atoms with E-state index in [-0.39, 0.29) is 0 Å². The van der Waals surface area contributed by atoms with Gasteiger partial charge in [-0.3, -0.25) is 0 Å². The minimum atomic E-state index is 0.782. The number of fused-ring (bicyclic) bond motifs is 1. The number of hydrogen-bond donors (Lipinski definition) is 0. The lowest BCUT2D eigenvalue weighted by Gasteiger charge is -2.48. The molecule has 3 saturated carbocycles. The van der Waals surface area contributed by atoms with Gasteiger partial charge in [-0.1, -0.05) is 34.6 Å². The molecule has 3 rings (SSSR count). The highest BCUT2D eigenvalue weighted by Crippen LogP contribution is 2.69. The van der Waals surface area contributed by atoms with Gasteiger partial charge in [0.15, 0.2) is 0 Å². The Morgan fingerprint density at radius 3 is 1.67 bits per heavy atom. The van der Waals surface area contributed by atoms with Crippen molar-refractivity contribution in [3.8, 4) is 0 Å². The first kappa shape index (κ1) is 10.1. The summed E-state index contributed by atoms with van der Waals surface area (Å²) in [6.07, 6.45) is 6.07. The quantitative estimate of drug-likeness (QED) is 0.549. The Morgan fingerprint density at radius 1 is 1.00 bits per heavy atom. The van der Waals surface area contributed by atoms with Crippen molar-refractivity contribution in [2.24, 2.45) is 16.7 Å². The van der Waals surface area contributed by atoms with Gasteiger partial charge in [0.25, 0.3) is 0 Å². The van der Waals surface area contributed by atoms with Crippen molar-refractivity contribution in [2.45, 2.75) is 60.3 Å². The van der Waals surface area contributed by atoms with E-state index in [0.29, 0.717) is 0 Å². The van der Waals surface area contributed by atoms with E-state index in [2.05, 4.69) is 20.8 Å². The van der Waals surface area contributed by atoms with Gasteiger partial charge in [-0.25, -0.2) is 0 Å². The molecule has 0 nitrogen and oxygen atoms in total. The van der Waals surface area contributed by atoms with Crippen LogP contribution in [0.15, 0.2) is 0 Å². The van der Waals surface area contributed by atoms with Crippen LogP contribution in [0.2, 0.25) is 0 Å². The van der Waals surface area contributed by atoms with Crippen LogP contribution in [0.1, 0.15) is 60.3 Å². The van der Waals surface area contributed by atoms with Crippen molar-refractivity contribution >= 4 is 0 Å². The van der Waals surface area contributed by atoms with Crippen molar-refractivity contribution < 1.29 is 0 Å². The second-order valence-electron chi connectivity index (χ2n) is 5.18. The van der Waals surface area contributed by atoms with Crippen LogP contribution in [0.3, 0.4) is 0 Å². The van der Waals surface area contributed by atoms with Crippen LogP contribution < -0.4 is 0 Å². The van der Waals surface area contributed by atoms with Gasteiger partial charge in [-0.15, -0.1) is 0 Å². The van der Waals surface area contributed by atoms with Gasteiger partial charge in [0, 0.05) is 0 Å². The van der Waals surface area contributed by atoms with Gasteiger partial charge < -0.3 is 0 Å². The van der Waals surface area contributed by atoms with Crippen LogP contribution in [0.5, 0.6) is 0 Å². The molecule has 2 bridgehead atoms. The molecule has 0 aromatic heterocycles. The summed E-state index contributed by atoms with van der Waals surface area (Å²) in [6, 6.07) is 0. The highest BCUT2D eigenvalue weighted by Gasteiger charge is 2.58. The molecule has 0 atom stereocenters. The number of hydrogen-bond acceptors (Lipinski definition) is 0. The summed E-state index contributed by atoms with van der Waals surface area (Å²) in [7, 11) is 0. The Morgan fingerprint density at radius 2 is 1.50 bits per heavy atom.